The average molecular weight is 373 g/mol. The molecule has 1 aliphatic heterocycles. The SMILES string of the molecule is CC1=NN(c2ccccc2)C(=O)/C1=C/c1cc(C)n(-c2ccc(F)cc2)c1C. The van der Waals surface area contributed by atoms with Crippen molar-refractivity contribution in [1.29, 1.82) is 0 Å². The van der Waals surface area contributed by atoms with Crippen LogP contribution in [-0.4, -0.2) is 16.2 Å². The zero-order chi connectivity index (χ0) is 19.8. The third-order valence-corrected chi connectivity index (χ3v) is 4.92. The van der Waals surface area contributed by atoms with Crippen molar-refractivity contribution in [2.24, 2.45) is 5.10 Å². The maximum absolute atomic E-state index is 13.3. The molecular weight excluding hydrogens is 353 g/mol. The number of nitrogens with zero attached hydrogens (tertiary/aromatic N) is 3. The first kappa shape index (κ1) is 17.9. The first-order valence-corrected chi connectivity index (χ1v) is 9.07. The Hall–Kier alpha value is -3.47. The lowest BCUT2D eigenvalue weighted by Crippen LogP contribution is -2.21. The van der Waals surface area contributed by atoms with Crippen molar-refractivity contribution in [3.8, 4) is 5.69 Å². The Morgan fingerprint density at radius 1 is 0.929 bits per heavy atom. The smallest absolute Gasteiger partial charge is 0.280 e. The second-order valence-corrected chi connectivity index (χ2v) is 6.83. The zero-order valence-corrected chi connectivity index (χ0v) is 16.0. The van der Waals surface area contributed by atoms with Gasteiger partial charge in [0.25, 0.3) is 5.91 Å². The molecule has 0 radical (unpaired) electrons. The van der Waals surface area contributed by atoms with Crippen molar-refractivity contribution >= 4 is 23.4 Å². The molecule has 5 heteroatoms. The van der Waals surface area contributed by atoms with Crippen LogP contribution >= 0.6 is 0 Å². The van der Waals surface area contributed by atoms with Crippen molar-refractivity contribution < 1.29 is 9.18 Å². The maximum atomic E-state index is 13.3. The van der Waals surface area contributed by atoms with E-state index in [1.54, 1.807) is 12.1 Å². The highest BCUT2D eigenvalue weighted by Crippen LogP contribution is 2.27. The van der Waals surface area contributed by atoms with E-state index in [9.17, 15) is 9.18 Å². The highest BCUT2D eigenvalue weighted by atomic mass is 19.1. The minimum atomic E-state index is -0.266. The zero-order valence-electron chi connectivity index (χ0n) is 16.0. The molecule has 0 saturated carbocycles. The highest BCUT2D eigenvalue weighted by Gasteiger charge is 2.29. The van der Waals surface area contributed by atoms with E-state index in [1.807, 2.05) is 67.8 Å². The fourth-order valence-electron chi connectivity index (χ4n) is 3.51. The Kier molecular flexibility index (Phi) is 4.43. The second kappa shape index (κ2) is 6.93. The summed E-state index contributed by atoms with van der Waals surface area (Å²) in [4.78, 5) is 12.9. The molecule has 2 aromatic carbocycles. The minimum absolute atomic E-state index is 0.143. The van der Waals surface area contributed by atoms with Crippen LogP contribution < -0.4 is 5.01 Å². The summed E-state index contributed by atoms with van der Waals surface area (Å²) < 4.78 is 15.3. The number of carbonyl (C=O) groups is 1. The number of rotatable bonds is 3. The Balaban J connectivity index is 1.72. The number of benzene rings is 2. The first-order valence-electron chi connectivity index (χ1n) is 9.07. The summed E-state index contributed by atoms with van der Waals surface area (Å²) in [6.07, 6.45) is 1.88. The fraction of sp³-hybridized carbons (Fsp3) is 0.130. The lowest BCUT2D eigenvalue weighted by molar-refractivity contribution is -0.114. The lowest BCUT2D eigenvalue weighted by atomic mass is 10.1. The Labute approximate surface area is 163 Å². The molecule has 0 spiro atoms. The van der Waals surface area contributed by atoms with Crippen molar-refractivity contribution in [3.05, 3.63) is 89.0 Å². The predicted octanol–water partition coefficient (Wildman–Crippen LogP) is 5.04. The first-order chi connectivity index (χ1) is 13.5. The number of anilines is 1. The third kappa shape index (κ3) is 3.05. The fourth-order valence-corrected chi connectivity index (χ4v) is 3.51. The van der Waals surface area contributed by atoms with Gasteiger partial charge in [-0.1, -0.05) is 18.2 Å². The molecule has 4 rings (SSSR count). The van der Waals surface area contributed by atoms with Crippen LogP contribution in [0.15, 0.2) is 71.3 Å². The molecule has 0 unspecified atom stereocenters. The molecule has 0 atom stereocenters. The molecule has 0 aliphatic carbocycles. The van der Waals surface area contributed by atoms with Gasteiger partial charge in [0, 0.05) is 17.1 Å². The number of para-hydroxylation sites is 1. The number of aryl methyl sites for hydroxylation is 1. The van der Waals surface area contributed by atoms with Crippen molar-refractivity contribution in [3.63, 3.8) is 0 Å². The minimum Gasteiger partial charge on any atom is -0.318 e. The molecule has 140 valence electrons. The Bertz CT molecular complexity index is 1110. The van der Waals surface area contributed by atoms with Gasteiger partial charge in [0.15, 0.2) is 0 Å². The standard InChI is InChI=1S/C23H20FN3O/c1-15-13-18(17(3)26(15)20-11-9-19(24)10-12-20)14-22-16(2)25-27(23(22)28)21-7-5-4-6-8-21/h4-14H,1-3H3/b22-14+. The molecule has 28 heavy (non-hydrogen) atoms. The number of hydrogen-bond donors (Lipinski definition) is 0. The van der Waals surface area contributed by atoms with E-state index in [-0.39, 0.29) is 11.7 Å². The molecule has 1 aromatic heterocycles. The summed E-state index contributed by atoms with van der Waals surface area (Å²) >= 11 is 0. The number of hydrogen-bond acceptors (Lipinski definition) is 2. The van der Waals surface area contributed by atoms with Gasteiger partial charge >= 0.3 is 0 Å². The molecule has 1 aliphatic rings. The molecule has 0 N–H and O–H groups in total. The highest BCUT2D eigenvalue weighted by molar-refractivity contribution is 6.32. The van der Waals surface area contributed by atoms with E-state index in [4.69, 9.17) is 0 Å². The van der Waals surface area contributed by atoms with E-state index in [2.05, 4.69) is 5.10 Å². The van der Waals surface area contributed by atoms with Crippen LogP contribution in [0, 0.1) is 19.7 Å². The van der Waals surface area contributed by atoms with E-state index in [0.717, 1.165) is 28.3 Å². The van der Waals surface area contributed by atoms with Crippen molar-refractivity contribution in [1.82, 2.24) is 4.57 Å². The molecular formula is C23H20FN3O. The average Bonchev–Trinajstić information content (AvgIpc) is 3.13. The molecule has 4 nitrogen and oxygen atoms in total. The third-order valence-electron chi connectivity index (χ3n) is 4.92. The van der Waals surface area contributed by atoms with Crippen LogP contribution in [0.4, 0.5) is 10.1 Å². The number of halogens is 1. The molecule has 3 aromatic rings. The van der Waals surface area contributed by atoms with Gasteiger partial charge in [-0.15, -0.1) is 0 Å². The molecule has 0 saturated heterocycles. The van der Waals surface area contributed by atoms with E-state index in [0.29, 0.717) is 11.3 Å². The summed E-state index contributed by atoms with van der Waals surface area (Å²) in [6, 6.07) is 17.8. The van der Waals surface area contributed by atoms with Crippen molar-refractivity contribution in [2.75, 3.05) is 5.01 Å². The number of aromatic nitrogens is 1. The molecule has 1 amide bonds. The summed E-state index contributed by atoms with van der Waals surface area (Å²) in [5.41, 5.74) is 5.81. The van der Waals surface area contributed by atoms with Gasteiger partial charge in [-0.3, -0.25) is 4.79 Å². The van der Waals surface area contributed by atoms with E-state index >= 15 is 0 Å². The van der Waals surface area contributed by atoms with Gasteiger partial charge in [-0.2, -0.15) is 10.1 Å². The number of carbonyl (C=O) groups excluding carboxylic acids is 1. The van der Waals surface area contributed by atoms with E-state index in [1.165, 1.54) is 17.1 Å². The summed E-state index contributed by atoms with van der Waals surface area (Å²) in [5.74, 6) is -0.409. The predicted molar refractivity (Wildman–Crippen MR) is 110 cm³/mol. The van der Waals surface area contributed by atoms with Gasteiger partial charge in [-0.25, -0.2) is 4.39 Å². The number of hydrazone groups is 1. The maximum Gasteiger partial charge on any atom is 0.280 e. The quantitative estimate of drug-likeness (QED) is 0.593. The topological polar surface area (TPSA) is 37.6 Å². The van der Waals surface area contributed by atoms with Crippen LogP contribution in [0.25, 0.3) is 11.8 Å². The normalized spacial score (nSPS) is 15.4. The van der Waals surface area contributed by atoms with Crippen molar-refractivity contribution in [2.45, 2.75) is 20.8 Å². The van der Waals surface area contributed by atoms with Gasteiger partial charge in [0.1, 0.15) is 5.82 Å². The summed E-state index contributed by atoms with van der Waals surface area (Å²) in [7, 11) is 0. The Morgan fingerprint density at radius 3 is 2.29 bits per heavy atom. The van der Waals surface area contributed by atoms with E-state index < -0.39 is 0 Å². The van der Waals surface area contributed by atoms with Crippen LogP contribution in [-0.2, 0) is 4.79 Å². The summed E-state index contributed by atoms with van der Waals surface area (Å²) in [5, 5.41) is 5.86. The van der Waals surface area contributed by atoms with Crippen LogP contribution in [0.5, 0.6) is 0 Å². The molecule has 2 heterocycles. The lowest BCUT2D eigenvalue weighted by Gasteiger charge is -2.11. The van der Waals surface area contributed by atoms with Gasteiger partial charge < -0.3 is 4.57 Å². The van der Waals surface area contributed by atoms with Crippen LogP contribution in [0.3, 0.4) is 0 Å². The monoisotopic (exact) mass is 373 g/mol. The number of amides is 1. The van der Waals surface area contributed by atoms with Crippen LogP contribution in [0.1, 0.15) is 23.9 Å². The molecule has 0 bridgehead atoms. The van der Waals surface area contributed by atoms with Gasteiger partial charge in [0.2, 0.25) is 0 Å². The molecule has 0 fully saturated rings. The van der Waals surface area contributed by atoms with Crippen LogP contribution in [0.2, 0.25) is 0 Å². The van der Waals surface area contributed by atoms with Gasteiger partial charge in [-0.05, 0) is 74.9 Å². The largest absolute Gasteiger partial charge is 0.318 e. The summed E-state index contributed by atoms with van der Waals surface area (Å²) in [6.45, 7) is 5.82. The second-order valence-electron chi connectivity index (χ2n) is 6.83. The Morgan fingerprint density at radius 2 is 1.61 bits per heavy atom. The van der Waals surface area contributed by atoms with Gasteiger partial charge in [0.05, 0.1) is 17.0 Å².